The number of Topliss-reactive ketones (excluding diaryl/α,β-unsaturated/α-hetero) is 1. The summed E-state index contributed by atoms with van der Waals surface area (Å²) in [5.41, 5.74) is -2.65. The summed E-state index contributed by atoms with van der Waals surface area (Å²) in [6, 6.07) is 17.0. The Bertz CT molecular complexity index is 2300. The average Bonchev–Trinajstić information content (AvgIpc) is 3.67. The number of nitrogens with zero attached hydrogens (tertiary/aromatic N) is 1. The Morgan fingerprint density at radius 3 is 2.33 bits per heavy atom. The molecule has 3 aromatic carbocycles. The van der Waals surface area contributed by atoms with Crippen molar-refractivity contribution in [2.24, 2.45) is 34.5 Å². The van der Waals surface area contributed by atoms with Gasteiger partial charge in [0.15, 0.2) is 17.5 Å². The van der Waals surface area contributed by atoms with Crippen LogP contribution in [0.4, 0.5) is 17.1 Å². The number of aliphatic hydroxyl groups is 2. The van der Waals surface area contributed by atoms with Gasteiger partial charge in [0.2, 0.25) is 0 Å². The first-order valence-corrected chi connectivity index (χ1v) is 19.3. The summed E-state index contributed by atoms with van der Waals surface area (Å²) in [6.45, 7) is 8.61. The molecule has 0 aromatic heterocycles. The van der Waals surface area contributed by atoms with Crippen molar-refractivity contribution in [1.29, 1.82) is 0 Å². The number of allylic oxidation sites excluding steroid dienone is 1. The molecular formula is C45H49N3O10. The van der Waals surface area contributed by atoms with E-state index < -0.39 is 58.8 Å². The van der Waals surface area contributed by atoms with E-state index in [4.69, 9.17) is 9.47 Å². The predicted molar refractivity (Wildman–Crippen MR) is 215 cm³/mol. The van der Waals surface area contributed by atoms with Gasteiger partial charge in [-0.25, -0.2) is 4.79 Å². The number of esters is 2. The fourth-order valence-corrected chi connectivity index (χ4v) is 9.96. The number of ether oxygens (including phenoxy) is 2. The van der Waals surface area contributed by atoms with Crippen molar-refractivity contribution in [3.63, 3.8) is 0 Å². The number of carbonyl (C=O) groups is 5. The summed E-state index contributed by atoms with van der Waals surface area (Å²) in [4.78, 5) is 69.7. The second-order valence-corrected chi connectivity index (χ2v) is 16.9. The third-order valence-corrected chi connectivity index (χ3v) is 12.9. The smallest absolute Gasteiger partial charge is 0.338 e. The molecule has 5 N–H and O–H groups in total. The van der Waals surface area contributed by atoms with Crippen molar-refractivity contribution in [2.75, 3.05) is 36.2 Å². The molecule has 0 heterocycles. The Balaban J connectivity index is 1.15. The lowest BCUT2D eigenvalue weighted by atomic mass is 9.59. The zero-order valence-electron chi connectivity index (χ0n) is 33.5. The molecule has 7 rings (SSSR count). The van der Waals surface area contributed by atoms with E-state index in [1.54, 1.807) is 62.3 Å². The Morgan fingerprint density at radius 1 is 0.948 bits per heavy atom. The normalized spacial score (nSPS) is 28.9. The first-order valence-electron chi connectivity index (χ1n) is 19.3. The molecule has 0 unspecified atom stereocenters. The highest BCUT2D eigenvalue weighted by molar-refractivity contribution is 6.15. The highest BCUT2D eigenvalue weighted by Crippen LogP contribution is 2.71. The number of phenolic OH excluding ortho intramolecular Hbond substituents is 1. The predicted octanol–water partition coefficient (Wildman–Crippen LogP) is 5.53. The number of nitrogens with one attached hydrogen (secondary N) is 2. The van der Waals surface area contributed by atoms with Crippen LogP contribution in [0.15, 0.2) is 90.0 Å². The molecule has 0 radical (unpaired) electrons. The average molecular weight is 792 g/mol. The minimum absolute atomic E-state index is 0.0141. The highest BCUT2D eigenvalue weighted by Gasteiger charge is 2.76. The minimum atomic E-state index is -2.35. The van der Waals surface area contributed by atoms with E-state index in [1.807, 2.05) is 6.92 Å². The fraction of sp³-hybridized carbons (Fsp3) is 0.400. The van der Waals surface area contributed by atoms with Gasteiger partial charge in [-0.3, -0.25) is 19.2 Å². The molecule has 13 nitrogen and oxygen atoms in total. The number of amides is 2. The number of benzene rings is 3. The van der Waals surface area contributed by atoms with Gasteiger partial charge in [-0.2, -0.15) is 0 Å². The summed E-state index contributed by atoms with van der Waals surface area (Å²) < 4.78 is 11.4. The summed E-state index contributed by atoms with van der Waals surface area (Å²) in [5.74, 6) is -4.37. The van der Waals surface area contributed by atoms with Crippen molar-refractivity contribution in [3.8, 4) is 5.75 Å². The van der Waals surface area contributed by atoms with Gasteiger partial charge in [-0.05, 0) is 90.1 Å². The van der Waals surface area contributed by atoms with Gasteiger partial charge in [0.05, 0.1) is 27.8 Å². The number of rotatable bonds is 9. The Hall–Kier alpha value is -5.79. The second-order valence-electron chi connectivity index (χ2n) is 16.9. The fourth-order valence-electron chi connectivity index (χ4n) is 9.96. The first-order chi connectivity index (χ1) is 27.3. The molecule has 0 saturated heterocycles. The van der Waals surface area contributed by atoms with Crippen LogP contribution >= 0.6 is 0 Å². The molecule has 13 heteroatoms. The third kappa shape index (κ3) is 6.37. The van der Waals surface area contributed by atoms with Crippen molar-refractivity contribution >= 4 is 46.6 Å². The van der Waals surface area contributed by atoms with E-state index in [1.165, 1.54) is 49.4 Å². The molecular weight excluding hydrogens is 743 g/mol. The van der Waals surface area contributed by atoms with Crippen LogP contribution in [0.3, 0.4) is 0 Å². The van der Waals surface area contributed by atoms with Crippen molar-refractivity contribution in [3.05, 3.63) is 107 Å². The Kier molecular flexibility index (Phi) is 10.1. The van der Waals surface area contributed by atoms with Crippen molar-refractivity contribution < 1.29 is 48.8 Å². The van der Waals surface area contributed by atoms with E-state index in [0.29, 0.717) is 23.2 Å². The summed E-state index contributed by atoms with van der Waals surface area (Å²) >= 11 is 0. The van der Waals surface area contributed by atoms with Crippen LogP contribution in [-0.2, 0) is 19.1 Å². The van der Waals surface area contributed by atoms with Crippen LogP contribution in [0.5, 0.6) is 5.75 Å². The summed E-state index contributed by atoms with van der Waals surface area (Å²) in [6.07, 6.45) is 0.696. The Morgan fingerprint density at radius 2 is 1.62 bits per heavy atom. The molecule has 2 fully saturated rings. The van der Waals surface area contributed by atoms with E-state index in [2.05, 4.69) is 24.5 Å². The zero-order valence-corrected chi connectivity index (χ0v) is 33.5. The molecule has 8 atom stereocenters. The van der Waals surface area contributed by atoms with Gasteiger partial charge in [-0.1, -0.05) is 57.2 Å². The largest absolute Gasteiger partial charge is 0.506 e. The van der Waals surface area contributed by atoms with Gasteiger partial charge in [0, 0.05) is 38.3 Å². The summed E-state index contributed by atoms with van der Waals surface area (Å²) in [5, 5.41) is 41.2. The number of phenols is 1. The molecule has 4 aliphatic carbocycles. The molecule has 0 aliphatic heterocycles. The molecule has 2 bridgehead atoms. The third-order valence-electron chi connectivity index (χ3n) is 12.9. The van der Waals surface area contributed by atoms with Crippen LogP contribution in [0.2, 0.25) is 0 Å². The minimum Gasteiger partial charge on any atom is -0.506 e. The quantitative estimate of drug-likeness (QED) is 0.104. The number of anilines is 3. The number of carbonyl (C=O) groups excluding carboxylic acids is 5. The number of ketones is 1. The van der Waals surface area contributed by atoms with E-state index in [-0.39, 0.29) is 63.5 Å². The van der Waals surface area contributed by atoms with Crippen LogP contribution in [0.25, 0.3) is 0 Å². The van der Waals surface area contributed by atoms with Gasteiger partial charge in [0.25, 0.3) is 11.8 Å². The summed E-state index contributed by atoms with van der Waals surface area (Å²) in [7, 11) is 3.58. The van der Waals surface area contributed by atoms with Crippen LogP contribution in [0.1, 0.15) is 72.1 Å². The van der Waals surface area contributed by atoms with E-state index >= 15 is 0 Å². The molecule has 1 spiro atoms. The molecule has 2 saturated carbocycles. The standard InChI is InChI=1S/C45H49N3O10/c1-23-21-44-24(2)18-32-35(43(32,4)5)31(38(44)52)20-27(22-57-25(3)49)37(51)45(44,56)39(23)58-42(55)26-12-10-13-28(19-26)46-41(54)30-15-11-17-34(50)36(30)47-40(53)29-14-8-9-16-33(29)48(6)7/h8-17,19-21,24,31-32,35,37,39,50-51,56H,18,22H2,1-7H3,(H,46,54)(H,47,53)/t24-,31+,32-,35+,37-,39+,44+,45+/m1/s1. The van der Waals surface area contributed by atoms with Crippen molar-refractivity contribution in [2.45, 2.75) is 58.8 Å². The monoisotopic (exact) mass is 791 g/mol. The van der Waals surface area contributed by atoms with Gasteiger partial charge in [0.1, 0.15) is 18.5 Å². The number of aromatic hydroxyl groups is 1. The molecule has 304 valence electrons. The highest BCUT2D eigenvalue weighted by atomic mass is 16.6. The maximum atomic E-state index is 14.9. The van der Waals surface area contributed by atoms with Crippen LogP contribution in [-0.4, -0.2) is 83.4 Å². The lowest BCUT2D eigenvalue weighted by molar-refractivity contribution is -0.191. The van der Waals surface area contributed by atoms with Gasteiger partial charge in [-0.15, -0.1) is 0 Å². The second kappa shape index (κ2) is 14.5. The first kappa shape index (κ1) is 40.4. The zero-order chi connectivity index (χ0) is 42.1. The Labute approximate surface area is 336 Å². The molecule has 3 aromatic rings. The maximum absolute atomic E-state index is 14.9. The van der Waals surface area contributed by atoms with Crippen molar-refractivity contribution in [1.82, 2.24) is 0 Å². The molecule has 4 aliphatic rings. The van der Waals surface area contributed by atoms with E-state index in [9.17, 15) is 39.3 Å². The van der Waals surface area contributed by atoms with Gasteiger partial charge < -0.3 is 40.3 Å². The van der Waals surface area contributed by atoms with Crippen LogP contribution < -0.4 is 15.5 Å². The van der Waals surface area contributed by atoms with E-state index in [0.717, 1.165) is 0 Å². The number of hydrogen-bond acceptors (Lipinski definition) is 11. The van der Waals surface area contributed by atoms with Crippen LogP contribution in [0, 0.1) is 34.5 Å². The topological polar surface area (TPSA) is 192 Å². The molecule has 2 amide bonds. The number of hydrogen-bond donors (Lipinski definition) is 5. The number of fused-ring (bicyclic) bond motifs is 3. The SMILES string of the molecule is CC(=O)OCC1=C[C@@H]2C(=O)[C@]3(C=C(C)[C@H](OC(=O)c4cccc(NC(=O)c5cccc(O)c5NC(=O)c5ccccc5N(C)C)c4)[C@@]3(O)[C@@H]1O)[C@H](C)C[C@@H]1[C@H]2C1(C)C. The lowest BCUT2D eigenvalue weighted by Crippen LogP contribution is -2.65. The maximum Gasteiger partial charge on any atom is 0.338 e. The number of para-hydroxylation sites is 2. The lowest BCUT2D eigenvalue weighted by Gasteiger charge is -2.48. The van der Waals surface area contributed by atoms with Gasteiger partial charge >= 0.3 is 11.9 Å². The number of aliphatic hydroxyl groups excluding tert-OH is 1. The molecule has 58 heavy (non-hydrogen) atoms.